The standard InChI is InChI=1S/C19H21Cl2NO3/c1-10-7-15(23)17(16(24)8-10)19(25)12-5-6-14(20)13(18(12)21)9-22(2)11-3-4-11/h5-6,10-11,23H,3-4,7-9H2,1-2H3. The molecule has 4 nitrogen and oxygen atoms in total. The number of Topliss-reactive ketones (excluding diaryl/α,β-unsaturated/α-hetero) is 2. The van der Waals surface area contributed by atoms with Crippen molar-refractivity contribution in [2.75, 3.05) is 7.05 Å². The first kappa shape index (κ1) is 18.4. The van der Waals surface area contributed by atoms with E-state index >= 15 is 0 Å². The highest BCUT2D eigenvalue weighted by atomic mass is 35.5. The third kappa shape index (κ3) is 3.76. The molecular formula is C19H21Cl2NO3. The molecule has 2 aliphatic carbocycles. The van der Waals surface area contributed by atoms with Crippen molar-refractivity contribution in [2.24, 2.45) is 5.92 Å². The Morgan fingerprint density at radius 2 is 1.96 bits per heavy atom. The molecule has 1 atom stereocenters. The molecule has 1 unspecified atom stereocenters. The second-order valence-electron chi connectivity index (χ2n) is 7.12. The minimum atomic E-state index is -0.522. The first-order valence-electron chi connectivity index (χ1n) is 8.46. The van der Waals surface area contributed by atoms with Crippen LogP contribution in [0.15, 0.2) is 23.5 Å². The summed E-state index contributed by atoms with van der Waals surface area (Å²) in [5.74, 6) is -0.959. The second kappa shape index (κ2) is 7.10. The van der Waals surface area contributed by atoms with Gasteiger partial charge in [-0.2, -0.15) is 0 Å². The number of carbonyl (C=O) groups excluding carboxylic acids is 2. The summed E-state index contributed by atoms with van der Waals surface area (Å²) in [5.41, 5.74) is 0.763. The van der Waals surface area contributed by atoms with Gasteiger partial charge in [0.25, 0.3) is 0 Å². The smallest absolute Gasteiger partial charge is 0.201 e. The van der Waals surface area contributed by atoms with Crippen molar-refractivity contribution in [3.8, 4) is 0 Å². The van der Waals surface area contributed by atoms with Crippen LogP contribution in [0.4, 0.5) is 0 Å². The van der Waals surface area contributed by atoms with E-state index in [0.717, 1.165) is 12.8 Å². The Kier molecular flexibility index (Phi) is 5.24. The van der Waals surface area contributed by atoms with E-state index in [1.54, 1.807) is 6.07 Å². The zero-order valence-corrected chi connectivity index (χ0v) is 15.8. The van der Waals surface area contributed by atoms with Gasteiger partial charge in [-0.1, -0.05) is 30.1 Å². The average Bonchev–Trinajstić information content (AvgIpc) is 3.34. The number of hydrogen-bond acceptors (Lipinski definition) is 4. The van der Waals surface area contributed by atoms with Crippen LogP contribution in [0.25, 0.3) is 0 Å². The zero-order valence-electron chi connectivity index (χ0n) is 14.3. The Labute approximate surface area is 157 Å². The molecule has 0 radical (unpaired) electrons. The number of ketones is 2. The molecule has 1 N–H and O–H groups in total. The fourth-order valence-electron chi connectivity index (χ4n) is 3.29. The fourth-order valence-corrected chi connectivity index (χ4v) is 3.86. The van der Waals surface area contributed by atoms with Crippen molar-refractivity contribution in [2.45, 2.75) is 45.2 Å². The predicted molar refractivity (Wildman–Crippen MR) is 98.3 cm³/mol. The monoisotopic (exact) mass is 381 g/mol. The maximum absolute atomic E-state index is 12.9. The van der Waals surface area contributed by atoms with Crippen molar-refractivity contribution < 1.29 is 14.7 Å². The van der Waals surface area contributed by atoms with E-state index in [4.69, 9.17) is 23.2 Å². The summed E-state index contributed by atoms with van der Waals surface area (Å²) in [4.78, 5) is 27.3. The molecule has 1 saturated carbocycles. The number of carbonyl (C=O) groups is 2. The summed E-state index contributed by atoms with van der Waals surface area (Å²) in [5, 5.41) is 10.9. The third-order valence-corrected chi connectivity index (χ3v) is 5.66. The van der Waals surface area contributed by atoms with Crippen LogP contribution >= 0.6 is 23.2 Å². The lowest BCUT2D eigenvalue weighted by Crippen LogP contribution is -2.24. The quantitative estimate of drug-likeness (QED) is 0.598. The maximum Gasteiger partial charge on any atom is 0.201 e. The van der Waals surface area contributed by atoms with Crippen LogP contribution in [0.5, 0.6) is 0 Å². The van der Waals surface area contributed by atoms with Gasteiger partial charge < -0.3 is 5.11 Å². The van der Waals surface area contributed by atoms with Crippen molar-refractivity contribution >= 4 is 34.8 Å². The van der Waals surface area contributed by atoms with Gasteiger partial charge >= 0.3 is 0 Å². The van der Waals surface area contributed by atoms with E-state index in [2.05, 4.69) is 4.90 Å². The van der Waals surface area contributed by atoms with Crippen molar-refractivity contribution in [1.29, 1.82) is 0 Å². The van der Waals surface area contributed by atoms with E-state index in [0.29, 0.717) is 29.6 Å². The van der Waals surface area contributed by atoms with Gasteiger partial charge in [0.05, 0.1) is 5.02 Å². The molecule has 0 spiro atoms. The van der Waals surface area contributed by atoms with Crippen LogP contribution in [0, 0.1) is 5.92 Å². The first-order chi connectivity index (χ1) is 11.8. The molecule has 6 heteroatoms. The fraction of sp³-hybridized carbons (Fsp3) is 0.474. The van der Waals surface area contributed by atoms with Crippen molar-refractivity contribution in [1.82, 2.24) is 4.90 Å². The molecule has 134 valence electrons. The highest BCUT2D eigenvalue weighted by molar-refractivity contribution is 6.40. The molecule has 0 amide bonds. The molecule has 0 aromatic heterocycles. The van der Waals surface area contributed by atoms with Gasteiger partial charge in [-0.25, -0.2) is 0 Å². The largest absolute Gasteiger partial charge is 0.511 e. The van der Waals surface area contributed by atoms with Gasteiger partial charge in [-0.05, 0) is 37.9 Å². The third-order valence-electron chi connectivity index (χ3n) is 4.88. The Balaban J connectivity index is 1.95. The number of nitrogens with zero attached hydrogens (tertiary/aromatic N) is 1. The Hall–Kier alpha value is -1.36. The molecule has 0 bridgehead atoms. The van der Waals surface area contributed by atoms with Crippen LogP contribution in [-0.2, 0) is 11.3 Å². The SMILES string of the molecule is CC1CC(=O)C(C(=O)c2ccc(Cl)c(CN(C)C3CC3)c2Cl)=C(O)C1. The van der Waals surface area contributed by atoms with Gasteiger partial charge in [0.15, 0.2) is 5.78 Å². The number of halogens is 2. The Morgan fingerprint density at radius 3 is 2.56 bits per heavy atom. The number of aliphatic hydroxyl groups is 1. The number of allylic oxidation sites excluding steroid dienone is 2. The minimum absolute atomic E-state index is 0.0347. The average molecular weight is 382 g/mol. The van der Waals surface area contributed by atoms with Crippen LogP contribution in [0.2, 0.25) is 10.0 Å². The lowest BCUT2D eigenvalue weighted by molar-refractivity contribution is -0.116. The van der Waals surface area contributed by atoms with E-state index in [1.807, 2.05) is 14.0 Å². The summed E-state index contributed by atoms with van der Waals surface area (Å²) in [6, 6.07) is 3.68. The van der Waals surface area contributed by atoms with Crippen LogP contribution < -0.4 is 0 Å². The van der Waals surface area contributed by atoms with E-state index < -0.39 is 5.78 Å². The van der Waals surface area contributed by atoms with Gasteiger partial charge in [-0.15, -0.1) is 0 Å². The Morgan fingerprint density at radius 1 is 1.28 bits per heavy atom. The molecule has 0 aliphatic heterocycles. The van der Waals surface area contributed by atoms with E-state index in [1.165, 1.54) is 6.07 Å². The number of benzene rings is 1. The molecule has 0 heterocycles. The topological polar surface area (TPSA) is 57.6 Å². The van der Waals surface area contributed by atoms with Crippen molar-refractivity contribution in [3.63, 3.8) is 0 Å². The van der Waals surface area contributed by atoms with Crippen LogP contribution in [-0.4, -0.2) is 34.7 Å². The molecule has 1 aromatic carbocycles. The summed E-state index contributed by atoms with van der Waals surface area (Å²) in [6.07, 6.45) is 2.89. The minimum Gasteiger partial charge on any atom is -0.511 e. The molecule has 1 aromatic rings. The van der Waals surface area contributed by atoms with E-state index in [-0.39, 0.29) is 40.0 Å². The lowest BCUT2D eigenvalue weighted by Gasteiger charge is -2.21. The maximum atomic E-state index is 12.9. The van der Waals surface area contributed by atoms with Gasteiger partial charge in [-0.3, -0.25) is 14.5 Å². The molecule has 0 saturated heterocycles. The molecule has 3 rings (SSSR count). The molecule has 2 aliphatic rings. The van der Waals surface area contributed by atoms with E-state index in [9.17, 15) is 14.7 Å². The van der Waals surface area contributed by atoms with Gasteiger partial charge in [0, 0.05) is 41.6 Å². The van der Waals surface area contributed by atoms with Gasteiger partial charge in [0.1, 0.15) is 11.3 Å². The summed E-state index contributed by atoms with van der Waals surface area (Å²) in [7, 11) is 2.00. The predicted octanol–water partition coefficient (Wildman–Crippen LogP) is 4.58. The molecule has 25 heavy (non-hydrogen) atoms. The Bertz CT molecular complexity index is 768. The van der Waals surface area contributed by atoms with Crippen LogP contribution in [0.3, 0.4) is 0 Å². The summed E-state index contributed by atoms with van der Waals surface area (Å²) in [6.45, 7) is 2.41. The summed E-state index contributed by atoms with van der Waals surface area (Å²) < 4.78 is 0. The molecular weight excluding hydrogens is 361 g/mol. The highest BCUT2D eigenvalue weighted by Crippen LogP contribution is 2.35. The van der Waals surface area contributed by atoms with Gasteiger partial charge in [0.2, 0.25) is 5.78 Å². The zero-order chi connectivity index (χ0) is 18.3. The number of aliphatic hydroxyl groups excluding tert-OH is 1. The first-order valence-corrected chi connectivity index (χ1v) is 9.22. The highest BCUT2D eigenvalue weighted by Gasteiger charge is 2.33. The summed E-state index contributed by atoms with van der Waals surface area (Å²) >= 11 is 12.8. The molecule has 1 fully saturated rings. The number of rotatable bonds is 5. The second-order valence-corrected chi connectivity index (χ2v) is 7.91. The van der Waals surface area contributed by atoms with Crippen LogP contribution in [0.1, 0.15) is 48.5 Å². The number of hydrogen-bond donors (Lipinski definition) is 1. The lowest BCUT2D eigenvalue weighted by atomic mass is 9.85. The normalized spacial score (nSPS) is 21.2. The van der Waals surface area contributed by atoms with Crippen molar-refractivity contribution in [3.05, 3.63) is 44.6 Å².